The van der Waals surface area contributed by atoms with Gasteiger partial charge in [0.25, 0.3) is 0 Å². The van der Waals surface area contributed by atoms with Gasteiger partial charge in [-0.2, -0.15) is 0 Å². The molecule has 2 N–H and O–H groups in total. The maximum Gasteiger partial charge on any atom is 0.150 e. The van der Waals surface area contributed by atoms with E-state index in [1.54, 1.807) is 0 Å². The molecule has 0 bridgehead atoms. The lowest BCUT2D eigenvalue weighted by Crippen LogP contribution is -2.47. The number of nitrogens with two attached hydrogens (primary N) is 1. The van der Waals surface area contributed by atoms with Crippen LogP contribution in [0, 0.1) is 11.3 Å². The molecule has 104 valence electrons. The predicted octanol–water partition coefficient (Wildman–Crippen LogP) is 1.00. The second-order valence-corrected chi connectivity index (χ2v) is 7.97. The van der Waals surface area contributed by atoms with Crippen LogP contribution in [-0.2, 0) is 16.3 Å². The number of fused-ring (bicyclic) bond motifs is 1. The number of sulfone groups is 1. The molecule has 4 nitrogen and oxygen atoms in total. The minimum absolute atomic E-state index is 0.121. The van der Waals surface area contributed by atoms with Crippen molar-refractivity contribution in [1.82, 2.24) is 0 Å². The van der Waals surface area contributed by atoms with Gasteiger partial charge in [0.2, 0.25) is 0 Å². The molecular formula is C14H19NO3S. The second kappa shape index (κ2) is 4.49. The van der Waals surface area contributed by atoms with E-state index >= 15 is 0 Å². The molecule has 5 heteroatoms. The molecule has 2 heterocycles. The Hall–Kier alpha value is -1.07. The lowest BCUT2D eigenvalue weighted by molar-refractivity contribution is 0.0748. The number of para-hydroxylation sites is 1. The van der Waals surface area contributed by atoms with E-state index in [2.05, 4.69) is 0 Å². The van der Waals surface area contributed by atoms with Crippen LogP contribution in [0.3, 0.4) is 0 Å². The van der Waals surface area contributed by atoms with Gasteiger partial charge in [-0.05, 0) is 30.4 Å². The highest BCUT2D eigenvalue weighted by Gasteiger charge is 2.46. The average molecular weight is 281 g/mol. The Morgan fingerprint density at radius 1 is 1.37 bits per heavy atom. The van der Waals surface area contributed by atoms with Crippen molar-refractivity contribution < 1.29 is 13.2 Å². The van der Waals surface area contributed by atoms with E-state index in [-0.39, 0.29) is 17.1 Å². The molecule has 2 aliphatic rings. The highest BCUT2D eigenvalue weighted by Crippen LogP contribution is 2.43. The second-order valence-electron chi connectivity index (χ2n) is 5.74. The summed E-state index contributed by atoms with van der Waals surface area (Å²) >= 11 is 0. The minimum atomic E-state index is -2.88. The first-order valence-electron chi connectivity index (χ1n) is 6.66. The van der Waals surface area contributed by atoms with Gasteiger partial charge in [0, 0.05) is 12.0 Å². The van der Waals surface area contributed by atoms with Crippen LogP contribution in [0.4, 0.5) is 0 Å². The van der Waals surface area contributed by atoms with E-state index in [4.69, 9.17) is 10.5 Å². The molecule has 0 radical (unpaired) electrons. The predicted molar refractivity (Wildman–Crippen MR) is 73.9 cm³/mol. The van der Waals surface area contributed by atoms with Crippen LogP contribution < -0.4 is 10.5 Å². The van der Waals surface area contributed by atoms with Crippen LogP contribution >= 0.6 is 0 Å². The molecule has 19 heavy (non-hydrogen) atoms. The van der Waals surface area contributed by atoms with Crippen LogP contribution in [0.1, 0.15) is 12.0 Å². The summed E-state index contributed by atoms with van der Waals surface area (Å²) in [6.07, 6.45) is 1.53. The van der Waals surface area contributed by atoms with E-state index in [1.807, 2.05) is 24.3 Å². The van der Waals surface area contributed by atoms with Gasteiger partial charge in [-0.3, -0.25) is 0 Å². The van der Waals surface area contributed by atoms with Gasteiger partial charge in [0.05, 0.1) is 18.1 Å². The number of rotatable bonds is 2. The fourth-order valence-electron chi connectivity index (χ4n) is 3.28. The van der Waals surface area contributed by atoms with Gasteiger partial charge < -0.3 is 10.5 Å². The average Bonchev–Trinajstić information content (AvgIpc) is 2.79. The normalized spacial score (nSPS) is 32.6. The van der Waals surface area contributed by atoms with Gasteiger partial charge >= 0.3 is 0 Å². The quantitative estimate of drug-likeness (QED) is 0.878. The maximum atomic E-state index is 11.7. The first-order chi connectivity index (χ1) is 9.05. The SMILES string of the molecule is NCC1(C2CCS(=O)(=O)C2)COc2ccccc2C1. The maximum absolute atomic E-state index is 11.7. The Labute approximate surface area is 113 Å². The molecule has 2 aliphatic heterocycles. The fraction of sp³-hybridized carbons (Fsp3) is 0.571. The molecule has 0 aromatic heterocycles. The number of hydrogen-bond donors (Lipinski definition) is 1. The van der Waals surface area contributed by atoms with Gasteiger partial charge in [0.15, 0.2) is 9.84 Å². The smallest absolute Gasteiger partial charge is 0.150 e. The molecule has 0 amide bonds. The van der Waals surface area contributed by atoms with Crippen molar-refractivity contribution in [3.8, 4) is 5.75 Å². The summed E-state index contributed by atoms with van der Waals surface area (Å²) < 4.78 is 29.2. The van der Waals surface area contributed by atoms with Gasteiger partial charge in [-0.15, -0.1) is 0 Å². The van der Waals surface area contributed by atoms with Crippen molar-refractivity contribution in [3.63, 3.8) is 0 Å². The van der Waals surface area contributed by atoms with Crippen molar-refractivity contribution in [2.24, 2.45) is 17.1 Å². The summed E-state index contributed by atoms with van der Waals surface area (Å²) in [5.41, 5.74) is 6.91. The topological polar surface area (TPSA) is 69.4 Å². The third-order valence-electron chi connectivity index (χ3n) is 4.54. The van der Waals surface area contributed by atoms with Crippen molar-refractivity contribution in [2.45, 2.75) is 12.8 Å². The van der Waals surface area contributed by atoms with Crippen LogP contribution in [0.25, 0.3) is 0 Å². The molecule has 1 fully saturated rings. The summed E-state index contributed by atoms with van der Waals surface area (Å²) in [5, 5.41) is 0. The molecule has 0 saturated carbocycles. The van der Waals surface area contributed by atoms with E-state index in [0.717, 1.165) is 17.7 Å². The number of benzene rings is 1. The Bertz CT molecular complexity index is 584. The van der Waals surface area contributed by atoms with E-state index < -0.39 is 9.84 Å². The molecule has 0 spiro atoms. The van der Waals surface area contributed by atoms with Crippen molar-refractivity contribution in [3.05, 3.63) is 29.8 Å². The first-order valence-corrected chi connectivity index (χ1v) is 8.48. The molecule has 1 aromatic rings. The third-order valence-corrected chi connectivity index (χ3v) is 6.30. The Balaban J connectivity index is 1.90. The summed E-state index contributed by atoms with van der Waals surface area (Å²) in [4.78, 5) is 0. The minimum Gasteiger partial charge on any atom is -0.493 e. The van der Waals surface area contributed by atoms with Gasteiger partial charge in [0.1, 0.15) is 5.75 Å². The van der Waals surface area contributed by atoms with Crippen LogP contribution in [-0.4, -0.2) is 33.1 Å². The Morgan fingerprint density at radius 2 is 2.16 bits per heavy atom. The van der Waals surface area contributed by atoms with Crippen LogP contribution in [0.15, 0.2) is 24.3 Å². The van der Waals surface area contributed by atoms with Crippen LogP contribution in [0.2, 0.25) is 0 Å². The lowest BCUT2D eigenvalue weighted by atomic mass is 9.70. The standard InChI is InChI=1S/C14H19NO3S/c15-9-14(12-5-6-19(16,17)8-12)7-11-3-1-2-4-13(11)18-10-14/h1-4,12H,5-10,15H2. The highest BCUT2D eigenvalue weighted by molar-refractivity contribution is 7.91. The molecular weight excluding hydrogens is 262 g/mol. The van der Waals surface area contributed by atoms with Gasteiger partial charge in [-0.1, -0.05) is 18.2 Å². The van der Waals surface area contributed by atoms with E-state index in [0.29, 0.717) is 25.3 Å². The first kappa shape index (κ1) is 12.9. The van der Waals surface area contributed by atoms with Crippen LogP contribution in [0.5, 0.6) is 5.75 Å². The highest BCUT2D eigenvalue weighted by atomic mass is 32.2. The molecule has 0 aliphatic carbocycles. The molecule has 2 unspecified atom stereocenters. The van der Waals surface area contributed by atoms with Crippen molar-refractivity contribution >= 4 is 9.84 Å². The molecule has 1 saturated heterocycles. The fourth-order valence-corrected chi connectivity index (χ4v) is 5.22. The summed E-state index contributed by atoms with van der Waals surface area (Å²) in [6.45, 7) is 1.00. The molecule has 1 aromatic carbocycles. The van der Waals surface area contributed by atoms with Crippen molar-refractivity contribution in [2.75, 3.05) is 24.7 Å². The Kier molecular flexibility index (Phi) is 3.06. The van der Waals surface area contributed by atoms with E-state index in [1.165, 1.54) is 0 Å². The summed E-state index contributed by atoms with van der Waals surface area (Å²) in [5.74, 6) is 1.58. The monoisotopic (exact) mass is 281 g/mol. The summed E-state index contributed by atoms with van der Waals surface area (Å²) in [6, 6.07) is 7.94. The molecule has 2 atom stereocenters. The Morgan fingerprint density at radius 3 is 2.84 bits per heavy atom. The third kappa shape index (κ3) is 2.25. The number of hydrogen-bond acceptors (Lipinski definition) is 4. The van der Waals surface area contributed by atoms with Gasteiger partial charge in [-0.25, -0.2) is 8.42 Å². The zero-order valence-corrected chi connectivity index (χ0v) is 11.7. The van der Waals surface area contributed by atoms with E-state index in [9.17, 15) is 8.42 Å². The lowest BCUT2D eigenvalue weighted by Gasteiger charge is -2.41. The van der Waals surface area contributed by atoms with Crippen molar-refractivity contribution in [1.29, 1.82) is 0 Å². The summed E-state index contributed by atoms with van der Waals surface area (Å²) in [7, 11) is -2.88. The number of ether oxygens (including phenoxy) is 1. The zero-order valence-electron chi connectivity index (χ0n) is 10.8. The largest absolute Gasteiger partial charge is 0.493 e. The molecule has 3 rings (SSSR count). The zero-order chi connectivity index (χ0) is 13.5.